The molecule has 0 bridgehead atoms. The number of nitrogens with zero attached hydrogens (tertiary/aromatic N) is 1. The van der Waals surface area contributed by atoms with Crippen molar-refractivity contribution in [2.45, 2.75) is 20.1 Å². The minimum atomic E-state index is -0.405. The van der Waals surface area contributed by atoms with Gasteiger partial charge in [0.1, 0.15) is 24.0 Å². The Balaban J connectivity index is 1.71. The molecule has 4 nitrogen and oxygen atoms in total. The Bertz CT molecular complexity index is 1110. The van der Waals surface area contributed by atoms with Crippen LogP contribution in [0.4, 0.5) is 0 Å². The number of hydrogen-bond acceptors (Lipinski definition) is 3. The molecule has 0 saturated heterocycles. The average Bonchev–Trinajstić information content (AvgIpc) is 2.77. The molecule has 1 N–H and O–H groups in total. The van der Waals surface area contributed by atoms with Crippen molar-refractivity contribution in [2.75, 3.05) is 0 Å². The summed E-state index contributed by atoms with van der Waals surface area (Å²) in [4.78, 5) is 12.4. The summed E-state index contributed by atoms with van der Waals surface area (Å²) in [5, 5.41) is 12.2. The first-order valence-electron chi connectivity index (χ1n) is 9.57. The predicted octanol–water partition coefficient (Wildman–Crippen LogP) is 6.16. The summed E-state index contributed by atoms with van der Waals surface area (Å²) in [6.07, 6.45) is 1.58. The highest BCUT2D eigenvalue weighted by atomic mass is 127. The highest BCUT2D eigenvalue weighted by Gasteiger charge is 2.12. The molecule has 0 spiro atoms. The van der Waals surface area contributed by atoms with E-state index >= 15 is 0 Å². The van der Waals surface area contributed by atoms with E-state index in [1.165, 1.54) is 5.56 Å². The molecule has 156 valence electrons. The molecule has 0 unspecified atom stereocenters. The third-order valence-corrected chi connectivity index (χ3v) is 5.89. The fourth-order valence-electron chi connectivity index (χ4n) is 2.83. The minimum Gasteiger partial charge on any atom is -0.487 e. The quantitative estimate of drug-likeness (QED) is 0.205. The first kappa shape index (κ1) is 23.0. The van der Waals surface area contributed by atoms with Gasteiger partial charge in [0.15, 0.2) is 0 Å². The molecule has 3 rings (SSSR count). The summed E-state index contributed by atoms with van der Waals surface area (Å²) in [6.45, 7) is 2.87. The SMILES string of the molecule is Cc1ccc(COc2c(Br)cc(/C=C(/C#N)C(=O)NCc3ccccc3)cc2I)cc1. The maximum Gasteiger partial charge on any atom is 0.262 e. The Morgan fingerprint density at radius 3 is 2.48 bits per heavy atom. The monoisotopic (exact) mass is 586 g/mol. The second kappa shape index (κ2) is 11.1. The lowest BCUT2D eigenvalue weighted by Gasteiger charge is -2.12. The Kier molecular flexibility index (Phi) is 8.27. The molecule has 0 fully saturated rings. The number of hydrogen-bond donors (Lipinski definition) is 1. The molecule has 3 aromatic carbocycles. The molecule has 0 aromatic heterocycles. The first-order valence-corrected chi connectivity index (χ1v) is 11.4. The van der Waals surface area contributed by atoms with Gasteiger partial charge in [-0.2, -0.15) is 5.26 Å². The standard InChI is InChI=1S/C25H20BrIN2O2/c1-17-7-9-19(10-8-17)16-31-24-22(26)12-20(13-23(24)27)11-21(14-28)25(30)29-15-18-5-3-2-4-6-18/h2-13H,15-16H2,1H3,(H,29,30)/b21-11-. The number of nitrogens with one attached hydrogen (secondary N) is 1. The van der Waals surface area contributed by atoms with E-state index in [2.05, 4.69) is 56.0 Å². The number of benzene rings is 3. The van der Waals surface area contributed by atoms with Crippen LogP contribution in [0.15, 0.2) is 76.8 Å². The van der Waals surface area contributed by atoms with Crippen molar-refractivity contribution in [3.8, 4) is 11.8 Å². The number of rotatable bonds is 7. The highest BCUT2D eigenvalue weighted by molar-refractivity contribution is 14.1. The third-order valence-electron chi connectivity index (χ3n) is 4.50. The van der Waals surface area contributed by atoms with E-state index in [-0.39, 0.29) is 5.57 Å². The molecule has 0 saturated carbocycles. The smallest absolute Gasteiger partial charge is 0.262 e. The second-order valence-corrected chi connectivity index (χ2v) is 8.94. The Morgan fingerprint density at radius 2 is 1.84 bits per heavy atom. The summed E-state index contributed by atoms with van der Waals surface area (Å²) in [7, 11) is 0. The predicted molar refractivity (Wildman–Crippen MR) is 134 cm³/mol. The highest BCUT2D eigenvalue weighted by Crippen LogP contribution is 2.33. The number of halogens is 2. The maximum absolute atomic E-state index is 12.4. The van der Waals surface area contributed by atoms with Gasteiger partial charge in [-0.05, 0) is 80.3 Å². The fraction of sp³-hybridized carbons (Fsp3) is 0.120. The van der Waals surface area contributed by atoms with Crippen LogP contribution in [-0.4, -0.2) is 5.91 Å². The van der Waals surface area contributed by atoms with Crippen LogP contribution in [0.3, 0.4) is 0 Å². The van der Waals surface area contributed by atoms with Gasteiger partial charge < -0.3 is 10.1 Å². The largest absolute Gasteiger partial charge is 0.487 e. The van der Waals surface area contributed by atoms with Crippen LogP contribution >= 0.6 is 38.5 Å². The zero-order valence-electron chi connectivity index (χ0n) is 16.9. The van der Waals surface area contributed by atoms with E-state index in [0.717, 1.165) is 30.5 Å². The van der Waals surface area contributed by atoms with Gasteiger partial charge in [-0.25, -0.2) is 0 Å². The molecule has 1 amide bonds. The maximum atomic E-state index is 12.4. The minimum absolute atomic E-state index is 0.0481. The average molecular weight is 587 g/mol. The lowest BCUT2D eigenvalue weighted by atomic mass is 10.1. The molecule has 0 aliphatic carbocycles. The summed E-state index contributed by atoms with van der Waals surface area (Å²) in [5.41, 5.74) is 4.05. The topological polar surface area (TPSA) is 62.1 Å². The molecule has 0 radical (unpaired) electrons. The molecule has 0 atom stereocenters. The normalized spacial score (nSPS) is 11.0. The van der Waals surface area contributed by atoms with Crippen molar-refractivity contribution in [1.82, 2.24) is 5.32 Å². The molecule has 0 aliphatic rings. The van der Waals surface area contributed by atoms with Crippen LogP contribution < -0.4 is 10.1 Å². The van der Waals surface area contributed by atoms with Gasteiger partial charge in [-0.15, -0.1) is 0 Å². The van der Waals surface area contributed by atoms with Gasteiger partial charge in [0, 0.05) is 6.54 Å². The van der Waals surface area contributed by atoms with Crippen LogP contribution in [0.2, 0.25) is 0 Å². The summed E-state index contributed by atoms with van der Waals surface area (Å²) >= 11 is 5.74. The number of carbonyl (C=O) groups excluding carboxylic acids is 1. The Morgan fingerprint density at radius 1 is 1.13 bits per heavy atom. The van der Waals surface area contributed by atoms with Gasteiger partial charge >= 0.3 is 0 Å². The number of amides is 1. The molecule has 6 heteroatoms. The van der Waals surface area contributed by atoms with E-state index in [0.29, 0.717) is 13.2 Å². The first-order chi connectivity index (χ1) is 15.0. The van der Waals surface area contributed by atoms with Crippen molar-refractivity contribution in [3.63, 3.8) is 0 Å². The fourth-order valence-corrected chi connectivity index (χ4v) is 4.60. The molecule has 31 heavy (non-hydrogen) atoms. The van der Waals surface area contributed by atoms with E-state index in [1.807, 2.05) is 67.6 Å². The number of aryl methyl sites for hydroxylation is 1. The van der Waals surface area contributed by atoms with E-state index in [1.54, 1.807) is 6.08 Å². The van der Waals surface area contributed by atoms with Crippen molar-refractivity contribution in [1.29, 1.82) is 5.26 Å². The van der Waals surface area contributed by atoms with Gasteiger partial charge in [0.25, 0.3) is 5.91 Å². The zero-order valence-corrected chi connectivity index (χ0v) is 20.6. The van der Waals surface area contributed by atoms with Crippen LogP contribution in [0, 0.1) is 21.8 Å². The van der Waals surface area contributed by atoms with Crippen LogP contribution in [0.1, 0.15) is 22.3 Å². The molecular weight excluding hydrogens is 567 g/mol. The van der Waals surface area contributed by atoms with E-state index in [9.17, 15) is 10.1 Å². The molecule has 0 aliphatic heterocycles. The van der Waals surface area contributed by atoms with Crippen molar-refractivity contribution >= 4 is 50.5 Å². The zero-order chi connectivity index (χ0) is 22.2. The van der Waals surface area contributed by atoms with Gasteiger partial charge in [-0.3, -0.25) is 4.79 Å². The summed E-state index contributed by atoms with van der Waals surface area (Å²) in [6, 6.07) is 23.5. The van der Waals surface area contributed by atoms with E-state index in [4.69, 9.17) is 4.74 Å². The summed E-state index contributed by atoms with van der Waals surface area (Å²) in [5.74, 6) is 0.322. The Labute approximate surface area is 204 Å². The molecule has 0 heterocycles. The molecule has 3 aromatic rings. The van der Waals surface area contributed by atoms with Crippen molar-refractivity contribution < 1.29 is 9.53 Å². The van der Waals surface area contributed by atoms with E-state index < -0.39 is 5.91 Å². The lowest BCUT2D eigenvalue weighted by molar-refractivity contribution is -0.117. The van der Waals surface area contributed by atoms with Crippen molar-refractivity contribution in [2.24, 2.45) is 0 Å². The molecular formula is C25H20BrIN2O2. The lowest BCUT2D eigenvalue weighted by Crippen LogP contribution is -2.23. The summed E-state index contributed by atoms with van der Waals surface area (Å²) < 4.78 is 7.64. The Hall–Kier alpha value is -2.63. The number of nitriles is 1. The van der Waals surface area contributed by atoms with Gasteiger partial charge in [-0.1, -0.05) is 60.2 Å². The second-order valence-electron chi connectivity index (χ2n) is 6.93. The van der Waals surface area contributed by atoms with Crippen LogP contribution in [0.25, 0.3) is 6.08 Å². The van der Waals surface area contributed by atoms with Crippen LogP contribution in [-0.2, 0) is 17.9 Å². The van der Waals surface area contributed by atoms with Crippen molar-refractivity contribution in [3.05, 3.63) is 103 Å². The third kappa shape index (κ3) is 6.68. The van der Waals surface area contributed by atoms with Gasteiger partial charge in [0.05, 0.1) is 8.04 Å². The number of carbonyl (C=O) groups is 1. The number of ether oxygens (including phenoxy) is 1. The van der Waals surface area contributed by atoms with Gasteiger partial charge in [0.2, 0.25) is 0 Å². The van der Waals surface area contributed by atoms with Crippen LogP contribution in [0.5, 0.6) is 5.75 Å².